The standard InChI is InChI=1S/C14H16N4OS/c1-8-9(2)17-12-5-10(3-4-11(12)16-8)18-14(19)13-6-20-7-15-13/h3-5,13,15H,6-7H2,1-2H3,(H,18,19). The summed E-state index contributed by atoms with van der Waals surface area (Å²) in [5.41, 5.74) is 4.26. The number of hydrogen-bond acceptors (Lipinski definition) is 5. The summed E-state index contributed by atoms with van der Waals surface area (Å²) in [6.07, 6.45) is 0. The lowest BCUT2D eigenvalue weighted by atomic mass is 10.2. The van der Waals surface area contributed by atoms with Gasteiger partial charge in [-0.3, -0.25) is 10.1 Å². The first-order valence-electron chi connectivity index (χ1n) is 6.50. The Morgan fingerprint density at radius 1 is 1.30 bits per heavy atom. The van der Waals surface area contributed by atoms with Crippen LogP contribution in [0.4, 0.5) is 5.69 Å². The summed E-state index contributed by atoms with van der Waals surface area (Å²) in [5, 5.41) is 6.08. The number of carbonyl (C=O) groups excluding carboxylic acids is 1. The van der Waals surface area contributed by atoms with Gasteiger partial charge in [0.1, 0.15) is 0 Å². The average Bonchev–Trinajstić information content (AvgIpc) is 2.94. The van der Waals surface area contributed by atoms with E-state index in [1.807, 2.05) is 32.0 Å². The third-order valence-corrected chi connectivity index (χ3v) is 4.32. The Hall–Kier alpha value is -1.66. The van der Waals surface area contributed by atoms with Gasteiger partial charge >= 0.3 is 0 Å². The second-order valence-electron chi connectivity index (χ2n) is 4.86. The number of rotatable bonds is 2. The molecule has 0 saturated carbocycles. The first kappa shape index (κ1) is 13.3. The summed E-state index contributed by atoms with van der Waals surface area (Å²) in [6, 6.07) is 5.52. The van der Waals surface area contributed by atoms with Gasteiger partial charge in [0.05, 0.1) is 28.5 Å². The normalized spacial score (nSPS) is 18.4. The molecule has 1 aromatic carbocycles. The van der Waals surface area contributed by atoms with Crippen LogP contribution in [-0.4, -0.2) is 33.5 Å². The predicted octanol–water partition coefficient (Wildman–Crippen LogP) is 1.85. The second kappa shape index (κ2) is 5.38. The zero-order valence-corrected chi connectivity index (χ0v) is 12.3. The number of carbonyl (C=O) groups is 1. The smallest absolute Gasteiger partial charge is 0.242 e. The molecule has 1 aliphatic heterocycles. The molecule has 3 rings (SSSR count). The van der Waals surface area contributed by atoms with Crippen molar-refractivity contribution in [2.24, 2.45) is 0 Å². The van der Waals surface area contributed by atoms with Crippen molar-refractivity contribution in [1.29, 1.82) is 0 Å². The van der Waals surface area contributed by atoms with E-state index in [2.05, 4.69) is 20.6 Å². The van der Waals surface area contributed by atoms with Crippen LogP contribution >= 0.6 is 11.8 Å². The molecule has 5 nitrogen and oxygen atoms in total. The van der Waals surface area contributed by atoms with Crippen molar-refractivity contribution in [3.8, 4) is 0 Å². The van der Waals surface area contributed by atoms with Crippen LogP contribution in [-0.2, 0) is 4.79 Å². The van der Waals surface area contributed by atoms with Crippen LogP contribution in [0, 0.1) is 13.8 Å². The monoisotopic (exact) mass is 288 g/mol. The van der Waals surface area contributed by atoms with Crippen LogP contribution in [0.1, 0.15) is 11.4 Å². The Morgan fingerprint density at radius 3 is 2.75 bits per heavy atom. The van der Waals surface area contributed by atoms with Gasteiger partial charge in [-0.25, -0.2) is 9.97 Å². The molecule has 1 aromatic heterocycles. The van der Waals surface area contributed by atoms with Gasteiger partial charge in [0.2, 0.25) is 5.91 Å². The highest BCUT2D eigenvalue weighted by molar-refractivity contribution is 7.99. The summed E-state index contributed by atoms with van der Waals surface area (Å²) < 4.78 is 0. The van der Waals surface area contributed by atoms with Crippen molar-refractivity contribution in [3.05, 3.63) is 29.6 Å². The highest BCUT2D eigenvalue weighted by atomic mass is 32.2. The number of aryl methyl sites for hydroxylation is 2. The Balaban J connectivity index is 1.85. The molecule has 2 N–H and O–H groups in total. The van der Waals surface area contributed by atoms with Crippen molar-refractivity contribution >= 4 is 34.4 Å². The molecule has 1 unspecified atom stereocenters. The van der Waals surface area contributed by atoms with Gasteiger partial charge in [-0.1, -0.05) is 0 Å². The molecule has 2 heterocycles. The number of thioether (sulfide) groups is 1. The van der Waals surface area contributed by atoms with E-state index in [0.717, 1.165) is 39.7 Å². The largest absolute Gasteiger partial charge is 0.325 e. The van der Waals surface area contributed by atoms with Crippen LogP contribution in [0.2, 0.25) is 0 Å². The molecule has 1 aliphatic rings. The maximum atomic E-state index is 12.0. The number of anilines is 1. The fourth-order valence-corrected chi connectivity index (χ4v) is 3.04. The number of aromatic nitrogens is 2. The number of nitrogens with one attached hydrogen (secondary N) is 2. The van der Waals surface area contributed by atoms with Crippen molar-refractivity contribution < 1.29 is 4.79 Å². The van der Waals surface area contributed by atoms with E-state index in [1.54, 1.807) is 11.8 Å². The minimum atomic E-state index is -0.110. The van der Waals surface area contributed by atoms with E-state index < -0.39 is 0 Å². The highest BCUT2D eigenvalue weighted by Crippen LogP contribution is 2.18. The number of benzene rings is 1. The van der Waals surface area contributed by atoms with Crippen LogP contribution < -0.4 is 10.6 Å². The first-order chi connectivity index (χ1) is 9.63. The van der Waals surface area contributed by atoms with E-state index in [0.29, 0.717) is 0 Å². The Morgan fingerprint density at radius 2 is 2.05 bits per heavy atom. The van der Waals surface area contributed by atoms with Crippen molar-refractivity contribution in [2.45, 2.75) is 19.9 Å². The molecule has 1 atom stereocenters. The summed E-state index contributed by atoms with van der Waals surface area (Å²) in [4.78, 5) is 21.0. The average molecular weight is 288 g/mol. The lowest BCUT2D eigenvalue weighted by Gasteiger charge is -2.11. The highest BCUT2D eigenvalue weighted by Gasteiger charge is 2.22. The van der Waals surface area contributed by atoms with E-state index in [9.17, 15) is 4.79 Å². The number of amides is 1. The number of fused-ring (bicyclic) bond motifs is 1. The molecule has 0 radical (unpaired) electrons. The zero-order chi connectivity index (χ0) is 14.1. The van der Waals surface area contributed by atoms with E-state index in [4.69, 9.17) is 0 Å². The SMILES string of the molecule is Cc1nc2ccc(NC(=O)C3CSCN3)cc2nc1C. The lowest BCUT2D eigenvalue weighted by molar-refractivity contribution is -0.117. The molecule has 0 aliphatic carbocycles. The lowest BCUT2D eigenvalue weighted by Crippen LogP contribution is -2.37. The van der Waals surface area contributed by atoms with Gasteiger partial charge in [0, 0.05) is 17.3 Å². The van der Waals surface area contributed by atoms with Crippen LogP contribution in [0.15, 0.2) is 18.2 Å². The topological polar surface area (TPSA) is 66.9 Å². The third-order valence-electron chi connectivity index (χ3n) is 3.38. The summed E-state index contributed by atoms with van der Waals surface area (Å²) in [7, 11) is 0. The number of nitrogens with zero attached hydrogens (tertiary/aromatic N) is 2. The quantitative estimate of drug-likeness (QED) is 0.883. The maximum absolute atomic E-state index is 12.0. The molecule has 104 valence electrons. The molecular weight excluding hydrogens is 272 g/mol. The zero-order valence-electron chi connectivity index (χ0n) is 11.4. The van der Waals surface area contributed by atoms with Crippen LogP contribution in [0.3, 0.4) is 0 Å². The minimum absolute atomic E-state index is 0.00569. The summed E-state index contributed by atoms with van der Waals surface area (Å²) in [5.74, 6) is 1.66. The van der Waals surface area contributed by atoms with E-state index in [-0.39, 0.29) is 11.9 Å². The second-order valence-corrected chi connectivity index (χ2v) is 5.89. The molecular formula is C14H16N4OS. The molecule has 1 amide bonds. The van der Waals surface area contributed by atoms with E-state index in [1.165, 1.54) is 0 Å². The van der Waals surface area contributed by atoms with Gasteiger partial charge in [-0.05, 0) is 32.0 Å². The molecule has 6 heteroatoms. The van der Waals surface area contributed by atoms with E-state index >= 15 is 0 Å². The molecule has 1 fully saturated rings. The van der Waals surface area contributed by atoms with Gasteiger partial charge < -0.3 is 5.32 Å². The Labute approximate surface area is 121 Å². The van der Waals surface area contributed by atoms with Gasteiger partial charge in [-0.2, -0.15) is 0 Å². The Kier molecular flexibility index (Phi) is 3.58. The molecule has 1 saturated heterocycles. The molecule has 20 heavy (non-hydrogen) atoms. The molecule has 0 spiro atoms. The fourth-order valence-electron chi connectivity index (χ4n) is 2.10. The fraction of sp³-hybridized carbons (Fsp3) is 0.357. The summed E-state index contributed by atoms with van der Waals surface area (Å²) in [6.45, 7) is 3.88. The Bertz CT molecular complexity index is 668. The maximum Gasteiger partial charge on any atom is 0.242 e. The predicted molar refractivity (Wildman–Crippen MR) is 81.9 cm³/mol. The third kappa shape index (κ3) is 2.62. The van der Waals surface area contributed by atoms with Gasteiger partial charge in [0.25, 0.3) is 0 Å². The van der Waals surface area contributed by atoms with Gasteiger partial charge in [0.15, 0.2) is 0 Å². The minimum Gasteiger partial charge on any atom is -0.325 e. The first-order valence-corrected chi connectivity index (χ1v) is 7.66. The van der Waals surface area contributed by atoms with Crippen molar-refractivity contribution in [2.75, 3.05) is 16.9 Å². The summed E-state index contributed by atoms with van der Waals surface area (Å²) >= 11 is 1.73. The number of hydrogen-bond donors (Lipinski definition) is 2. The van der Waals surface area contributed by atoms with Crippen molar-refractivity contribution in [1.82, 2.24) is 15.3 Å². The molecule has 2 aromatic rings. The van der Waals surface area contributed by atoms with Crippen LogP contribution in [0.5, 0.6) is 0 Å². The van der Waals surface area contributed by atoms with Gasteiger partial charge in [-0.15, -0.1) is 11.8 Å². The van der Waals surface area contributed by atoms with Crippen LogP contribution in [0.25, 0.3) is 11.0 Å². The van der Waals surface area contributed by atoms with Crippen molar-refractivity contribution in [3.63, 3.8) is 0 Å². The molecule has 0 bridgehead atoms.